The van der Waals surface area contributed by atoms with Crippen LogP contribution in [-0.2, 0) is 14.8 Å². The van der Waals surface area contributed by atoms with Crippen molar-refractivity contribution in [3.05, 3.63) is 30.1 Å². The normalized spacial score (nSPS) is 19.8. The molecule has 2 heterocycles. The maximum atomic E-state index is 13.0. The largest absolute Gasteiger partial charge is 0.346 e. The van der Waals surface area contributed by atoms with E-state index in [1.807, 2.05) is 45.0 Å². The highest BCUT2D eigenvalue weighted by Crippen LogP contribution is 2.25. The van der Waals surface area contributed by atoms with Gasteiger partial charge in [-0.1, -0.05) is 32.9 Å². The van der Waals surface area contributed by atoms with Crippen molar-refractivity contribution in [1.29, 1.82) is 0 Å². The minimum Gasteiger partial charge on any atom is -0.346 e. The molecule has 0 aliphatic carbocycles. The van der Waals surface area contributed by atoms with E-state index in [0.29, 0.717) is 25.8 Å². The number of aromatic nitrogens is 2. The second-order valence-electron chi connectivity index (χ2n) is 7.88. The predicted molar refractivity (Wildman–Crippen MR) is 110 cm³/mol. The van der Waals surface area contributed by atoms with Crippen LogP contribution < -0.4 is 5.32 Å². The molecule has 1 aromatic carbocycles. The molecular formula is C20H30N4O3S. The Morgan fingerprint density at radius 1 is 1.36 bits per heavy atom. The Bertz CT molecular complexity index is 889. The van der Waals surface area contributed by atoms with Crippen molar-refractivity contribution in [3.63, 3.8) is 0 Å². The number of nitrogens with one attached hydrogen (secondary N) is 2. The maximum Gasteiger partial charge on any atom is 0.225 e. The van der Waals surface area contributed by atoms with Crippen LogP contribution >= 0.6 is 0 Å². The number of sulfonamides is 1. The van der Waals surface area contributed by atoms with Crippen molar-refractivity contribution < 1.29 is 13.2 Å². The summed E-state index contributed by atoms with van der Waals surface area (Å²) in [6.45, 7) is 6.70. The maximum absolute atomic E-state index is 13.0. The van der Waals surface area contributed by atoms with E-state index in [2.05, 4.69) is 15.3 Å². The van der Waals surface area contributed by atoms with Gasteiger partial charge < -0.3 is 10.3 Å². The highest BCUT2D eigenvalue weighted by Gasteiger charge is 2.33. The van der Waals surface area contributed by atoms with Gasteiger partial charge in [-0.15, -0.1) is 0 Å². The van der Waals surface area contributed by atoms with E-state index in [1.54, 1.807) is 0 Å². The fourth-order valence-electron chi connectivity index (χ4n) is 3.74. The number of rotatable bonds is 7. The highest BCUT2D eigenvalue weighted by atomic mass is 32.2. The summed E-state index contributed by atoms with van der Waals surface area (Å²) in [5, 5.41) is 3.11. The van der Waals surface area contributed by atoms with E-state index in [4.69, 9.17) is 0 Å². The number of carbonyl (C=O) groups is 1. The van der Waals surface area contributed by atoms with E-state index in [-0.39, 0.29) is 36.1 Å². The van der Waals surface area contributed by atoms with Gasteiger partial charge in [0.2, 0.25) is 15.9 Å². The minimum atomic E-state index is -3.28. The molecule has 1 saturated heterocycles. The summed E-state index contributed by atoms with van der Waals surface area (Å²) in [4.78, 5) is 20.9. The number of nitrogens with zero attached hydrogens (tertiary/aromatic N) is 2. The van der Waals surface area contributed by atoms with Crippen molar-refractivity contribution in [2.45, 2.75) is 46.1 Å². The standard InChI is InChI=1S/C20H30N4O3S/c1-4-12-28(26,27)24-11-7-8-15(13-24)20(25)23-18(14(2)3)19-21-16-9-5-6-10-17(16)22-19/h5-6,9-10,14-15,18H,4,7-8,11-13H2,1-3H3,(H,21,22)(H,23,25)/t15?,18-/m0/s1. The number of hydrogen-bond acceptors (Lipinski definition) is 4. The smallest absolute Gasteiger partial charge is 0.225 e. The number of aromatic amines is 1. The molecule has 0 radical (unpaired) electrons. The molecule has 154 valence electrons. The fraction of sp³-hybridized carbons (Fsp3) is 0.600. The molecule has 8 heteroatoms. The summed E-state index contributed by atoms with van der Waals surface area (Å²) in [5.74, 6) is 0.583. The summed E-state index contributed by atoms with van der Waals surface area (Å²) in [7, 11) is -3.28. The molecule has 2 atom stereocenters. The van der Waals surface area contributed by atoms with E-state index >= 15 is 0 Å². The van der Waals surface area contributed by atoms with E-state index < -0.39 is 10.0 Å². The molecule has 0 saturated carbocycles. The number of imidazole rings is 1. The van der Waals surface area contributed by atoms with Gasteiger partial charge in [0.15, 0.2) is 0 Å². The molecule has 1 aliphatic rings. The molecule has 7 nitrogen and oxygen atoms in total. The molecule has 2 N–H and O–H groups in total. The number of benzene rings is 1. The monoisotopic (exact) mass is 406 g/mol. The summed E-state index contributed by atoms with van der Waals surface area (Å²) in [6.07, 6.45) is 1.99. The Balaban J connectivity index is 1.73. The zero-order chi connectivity index (χ0) is 20.3. The van der Waals surface area contributed by atoms with Crippen LogP contribution in [0.5, 0.6) is 0 Å². The van der Waals surface area contributed by atoms with Crippen LogP contribution in [0.25, 0.3) is 11.0 Å². The van der Waals surface area contributed by atoms with Crippen LogP contribution in [0.4, 0.5) is 0 Å². The minimum absolute atomic E-state index is 0.101. The molecule has 28 heavy (non-hydrogen) atoms. The topological polar surface area (TPSA) is 95.2 Å². The third kappa shape index (κ3) is 4.55. The van der Waals surface area contributed by atoms with Crippen LogP contribution in [0.3, 0.4) is 0 Å². The van der Waals surface area contributed by atoms with Gasteiger partial charge in [0.25, 0.3) is 0 Å². The van der Waals surface area contributed by atoms with E-state index in [0.717, 1.165) is 16.9 Å². The summed E-state index contributed by atoms with van der Waals surface area (Å²) < 4.78 is 26.3. The van der Waals surface area contributed by atoms with Gasteiger partial charge >= 0.3 is 0 Å². The zero-order valence-corrected chi connectivity index (χ0v) is 17.6. The molecule has 3 rings (SSSR count). The molecule has 2 aromatic rings. The number of hydrogen-bond donors (Lipinski definition) is 2. The third-order valence-corrected chi connectivity index (χ3v) is 7.32. The lowest BCUT2D eigenvalue weighted by Crippen LogP contribution is -2.47. The lowest BCUT2D eigenvalue weighted by molar-refractivity contribution is -0.127. The number of carbonyl (C=O) groups excluding carboxylic acids is 1. The van der Waals surface area contributed by atoms with Gasteiger partial charge in [0.05, 0.1) is 28.7 Å². The van der Waals surface area contributed by atoms with Crippen LogP contribution in [0.15, 0.2) is 24.3 Å². The SMILES string of the molecule is CCCS(=O)(=O)N1CCCC(C(=O)N[C@H](c2nc3ccccc3[nH]2)C(C)C)C1. The van der Waals surface area contributed by atoms with Crippen LogP contribution in [0.1, 0.15) is 51.9 Å². The first-order valence-electron chi connectivity index (χ1n) is 10.0. The van der Waals surface area contributed by atoms with E-state index in [9.17, 15) is 13.2 Å². The van der Waals surface area contributed by atoms with Gasteiger partial charge in [-0.25, -0.2) is 17.7 Å². The molecular weight excluding hydrogens is 376 g/mol. The van der Waals surface area contributed by atoms with Crippen molar-refractivity contribution in [2.75, 3.05) is 18.8 Å². The van der Waals surface area contributed by atoms with Crippen molar-refractivity contribution in [1.82, 2.24) is 19.6 Å². The lowest BCUT2D eigenvalue weighted by atomic mass is 9.96. The second kappa shape index (κ2) is 8.61. The van der Waals surface area contributed by atoms with Gasteiger partial charge in [0, 0.05) is 13.1 Å². The van der Waals surface area contributed by atoms with Gasteiger partial charge in [-0.2, -0.15) is 0 Å². The van der Waals surface area contributed by atoms with E-state index in [1.165, 1.54) is 4.31 Å². The number of para-hydroxylation sites is 2. The molecule has 1 fully saturated rings. The third-order valence-electron chi connectivity index (χ3n) is 5.28. The van der Waals surface area contributed by atoms with Crippen molar-refractivity contribution in [3.8, 4) is 0 Å². The predicted octanol–water partition coefficient (Wildman–Crippen LogP) is 2.83. The molecule has 1 aromatic heterocycles. The van der Waals surface area contributed by atoms with Gasteiger partial charge in [-0.05, 0) is 37.3 Å². The number of H-pyrrole nitrogens is 1. The Morgan fingerprint density at radius 3 is 2.79 bits per heavy atom. The number of fused-ring (bicyclic) bond motifs is 1. The molecule has 0 spiro atoms. The van der Waals surface area contributed by atoms with Gasteiger partial charge in [0.1, 0.15) is 5.82 Å². The van der Waals surface area contributed by atoms with Crippen molar-refractivity contribution >= 4 is 27.0 Å². The van der Waals surface area contributed by atoms with Crippen molar-refractivity contribution in [2.24, 2.45) is 11.8 Å². The summed E-state index contributed by atoms with van der Waals surface area (Å²) in [6, 6.07) is 7.53. The molecule has 1 unspecified atom stereocenters. The Hall–Kier alpha value is -1.93. The van der Waals surface area contributed by atoms with Crippen LogP contribution in [0, 0.1) is 11.8 Å². The first-order valence-corrected chi connectivity index (χ1v) is 11.7. The number of piperidine rings is 1. The average Bonchev–Trinajstić information content (AvgIpc) is 3.09. The number of amides is 1. The summed E-state index contributed by atoms with van der Waals surface area (Å²) >= 11 is 0. The molecule has 1 aliphatic heterocycles. The zero-order valence-electron chi connectivity index (χ0n) is 16.8. The Kier molecular flexibility index (Phi) is 6.40. The average molecular weight is 407 g/mol. The van der Waals surface area contributed by atoms with Gasteiger partial charge in [-0.3, -0.25) is 4.79 Å². The molecule has 0 bridgehead atoms. The summed E-state index contributed by atoms with van der Waals surface area (Å²) in [5.41, 5.74) is 1.80. The Labute approximate surface area is 167 Å². The Morgan fingerprint density at radius 2 is 2.11 bits per heavy atom. The molecule has 1 amide bonds. The van der Waals surface area contributed by atoms with Crippen LogP contribution in [-0.4, -0.2) is 47.4 Å². The fourth-order valence-corrected chi connectivity index (χ4v) is 5.33. The highest BCUT2D eigenvalue weighted by molar-refractivity contribution is 7.89. The van der Waals surface area contributed by atoms with Crippen LogP contribution in [0.2, 0.25) is 0 Å². The lowest BCUT2D eigenvalue weighted by Gasteiger charge is -2.32. The second-order valence-corrected chi connectivity index (χ2v) is 9.97. The first kappa shape index (κ1) is 20.8. The first-order chi connectivity index (χ1) is 13.3. The quantitative estimate of drug-likeness (QED) is 0.739.